The van der Waals surface area contributed by atoms with Crippen molar-refractivity contribution in [1.82, 2.24) is 0 Å². The van der Waals surface area contributed by atoms with Crippen LogP contribution in [0.1, 0.15) is 13.8 Å². The van der Waals surface area contributed by atoms with Crippen molar-refractivity contribution in [2.24, 2.45) is 0 Å². The van der Waals surface area contributed by atoms with Crippen molar-refractivity contribution in [2.45, 2.75) is 25.9 Å². The zero-order valence-electron chi connectivity index (χ0n) is 6.01. The first-order valence-corrected chi connectivity index (χ1v) is 2.98. The van der Waals surface area contributed by atoms with Gasteiger partial charge < -0.3 is 14.2 Å². The quantitative estimate of drug-likeness (QED) is 0.526. The first-order chi connectivity index (χ1) is 4.14. The number of hydrogen-bond donors (Lipinski definition) is 0. The highest BCUT2D eigenvalue weighted by molar-refractivity contribution is 4.63. The highest BCUT2D eigenvalue weighted by atomic mass is 16.8. The van der Waals surface area contributed by atoms with Gasteiger partial charge in [-0.25, -0.2) is 0 Å². The van der Waals surface area contributed by atoms with Crippen LogP contribution in [0.25, 0.3) is 0 Å². The van der Waals surface area contributed by atoms with Crippen LogP contribution in [0.2, 0.25) is 0 Å². The van der Waals surface area contributed by atoms with Crippen molar-refractivity contribution in [1.29, 1.82) is 0 Å². The molecule has 0 amide bonds. The van der Waals surface area contributed by atoms with Crippen LogP contribution in [0.4, 0.5) is 0 Å². The second-order valence-corrected chi connectivity index (χ2v) is 2.49. The van der Waals surface area contributed by atoms with Gasteiger partial charge in [-0.15, -0.1) is 0 Å². The molecular formula is C6H12O3. The van der Waals surface area contributed by atoms with Gasteiger partial charge in [-0.05, 0) is 13.8 Å². The third-order valence-electron chi connectivity index (χ3n) is 1.25. The zero-order valence-corrected chi connectivity index (χ0v) is 6.01. The molecule has 0 aromatic heterocycles. The molecule has 1 fully saturated rings. The lowest BCUT2D eigenvalue weighted by molar-refractivity contribution is -0.182. The Hall–Kier alpha value is -0.120. The molecule has 9 heavy (non-hydrogen) atoms. The average molecular weight is 132 g/mol. The summed E-state index contributed by atoms with van der Waals surface area (Å²) < 4.78 is 15.3. The van der Waals surface area contributed by atoms with E-state index in [-0.39, 0.29) is 6.29 Å². The molecule has 1 unspecified atom stereocenters. The summed E-state index contributed by atoms with van der Waals surface area (Å²) in [6.45, 7) is 4.27. The molecule has 0 aromatic carbocycles. The molecule has 54 valence electrons. The molecule has 1 heterocycles. The standard InChI is InChI=1S/C6H12O3/c1-6(2)8-4-5(7-3)9-6/h5H,4H2,1-3H3. The average Bonchev–Trinajstić information content (AvgIpc) is 2.10. The van der Waals surface area contributed by atoms with Gasteiger partial charge in [0, 0.05) is 7.11 Å². The monoisotopic (exact) mass is 132 g/mol. The van der Waals surface area contributed by atoms with Gasteiger partial charge in [0.05, 0.1) is 0 Å². The maximum Gasteiger partial charge on any atom is 0.183 e. The molecule has 3 heteroatoms. The van der Waals surface area contributed by atoms with Gasteiger partial charge in [0.15, 0.2) is 12.1 Å². The van der Waals surface area contributed by atoms with E-state index in [2.05, 4.69) is 0 Å². The van der Waals surface area contributed by atoms with Crippen molar-refractivity contribution >= 4 is 0 Å². The van der Waals surface area contributed by atoms with Crippen LogP contribution in [0.15, 0.2) is 0 Å². The SMILES string of the molecule is COC1COC(C)(C)O1. The van der Waals surface area contributed by atoms with Crippen LogP contribution in [0.3, 0.4) is 0 Å². The molecule has 0 spiro atoms. The van der Waals surface area contributed by atoms with Gasteiger partial charge in [-0.1, -0.05) is 0 Å². The Bertz CT molecular complexity index is 100. The Labute approximate surface area is 54.9 Å². The molecule has 0 aromatic rings. The van der Waals surface area contributed by atoms with Crippen molar-refractivity contribution in [3.63, 3.8) is 0 Å². The van der Waals surface area contributed by atoms with Crippen LogP contribution in [-0.2, 0) is 14.2 Å². The van der Waals surface area contributed by atoms with E-state index in [1.54, 1.807) is 7.11 Å². The number of methoxy groups -OCH3 is 1. The van der Waals surface area contributed by atoms with Crippen molar-refractivity contribution in [3.8, 4) is 0 Å². The van der Waals surface area contributed by atoms with E-state index < -0.39 is 5.79 Å². The molecule has 0 N–H and O–H groups in total. The predicted molar refractivity (Wildman–Crippen MR) is 31.9 cm³/mol. The summed E-state index contributed by atoms with van der Waals surface area (Å²) >= 11 is 0. The highest BCUT2D eigenvalue weighted by Gasteiger charge is 2.32. The van der Waals surface area contributed by atoms with Gasteiger partial charge in [0.25, 0.3) is 0 Å². The summed E-state index contributed by atoms with van der Waals surface area (Å²) in [5.74, 6) is -0.458. The minimum absolute atomic E-state index is 0.181. The van der Waals surface area contributed by atoms with Crippen molar-refractivity contribution < 1.29 is 14.2 Å². The normalized spacial score (nSPS) is 33.0. The number of ether oxygens (including phenoxy) is 3. The molecule has 1 aliphatic heterocycles. The smallest absolute Gasteiger partial charge is 0.183 e. The molecule has 0 aliphatic carbocycles. The van der Waals surface area contributed by atoms with Gasteiger partial charge in [0.1, 0.15) is 6.61 Å². The van der Waals surface area contributed by atoms with Crippen molar-refractivity contribution in [2.75, 3.05) is 13.7 Å². The second kappa shape index (κ2) is 2.25. The van der Waals surface area contributed by atoms with Crippen LogP contribution >= 0.6 is 0 Å². The Morgan fingerprint density at radius 2 is 2.22 bits per heavy atom. The predicted octanol–water partition coefficient (Wildman–Crippen LogP) is 0.742. The molecule has 0 bridgehead atoms. The van der Waals surface area contributed by atoms with Gasteiger partial charge in [-0.2, -0.15) is 0 Å². The second-order valence-electron chi connectivity index (χ2n) is 2.49. The lowest BCUT2D eigenvalue weighted by atomic mass is 10.4. The fourth-order valence-corrected chi connectivity index (χ4v) is 0.769. The van der Waals surface area contributed by atoms with Gasteiger partial charge >= 0.3 is 0 Å². The Morgan fingerprint density at radius 3 is 2.44 bits per heavy atom. The number of hydrogen-bond acceptors (Lipinski definition) is 3. The molecule has 1 rings (SSSR count). The summed E-state index contributed by atoms with van der Waals surface area (Å²) in [6, 6.07) is 0. The van der Waals surface area contributed by atoms with E-state index in [1.165, 1.54) is 0 Å². The zero-order chi connectivity index (χ0) is 6.91. The summed E-state index contributed by atoms with van der Waals surface area (Å²) in [5, 5.41) is 0. The van der Waals surface area contributed by atoms with E-state index >= 15 is 0 Å². The lowest BCUT2D eigenvalue weighted by Gasteiger charge is -2.15. The molecule has 1 atom stereocenters. The summed E-state index contributed by atoms with van der Waals surface area (Å²) in [4.78, 5) is 0. The fraction of sp³-hybridized carbons (Fsp3) is 1.00. The fourth-order valence-electron chi connectivity index (χ4n) is 0.769. The lowest BCUT2D eigenvalue weighted by Crippen LogP contribution is -2.21. The van der Waals surface area contributed by atoms with E-state index in [4.69, 9.17) is 14.2 Å². The first kappa shape index (κ1) is 6.99. The minimum atomic E-state index is -0.458. The molecule has 1 saturated heterocycles. The van der Waals surface area contributed by atoms with E-state index in [1.807, 2.05) is 13.8 Å². The Morgan fingerprint density at radius 1 is 1.56 bits per heavy atom. The van der Waals surface area contributed by atoms with Crippen LogP contribution in [0, 0.1) is 0 Å². The van der Waals surface area contributed by atoms with E-state index in [0.717, 1.165) is 0 Å². The van der Waals surface area contributed by atoms with Crippen LogP contribution < -0.4 is 0 Å². The topological polar surface area (TPSA) is 27.7 Å². The molecule has 0 saturated carbocycles. The van der Waals surface area contributed by atoms with Gasteiger partial charge in [0.2, 0.25) is 0 Å². The third-order valence-corrected chi connectivity index (χ3v) is 1.25. The molecule has 1 aliphatic rings. The largest absolute Gasteiger partial charge is 0.353 e. The van der Waals surface area contributed by atoms with E-state index in [0.29, 0.717) is 6.61 Å². The minimum Gasteiger partial charge on any atom is -0.353 e. The maximum atomic E-state index is 5.25. The highest BCUT2D eigenvalue weighted by Crippen LogP contribution is 2.21. The Kier molecular flexibility index (Phi) is 1.75. The first-order valence-electron chi connectivity index (χ1n) is 2.98. The Balaban J connectivity index is 2.38. The van der Waals surface area contributed by atoms with Crippen molar-refractivity contribution in [3.05, 3.63) is 0 Å². The summed E-state index contributed by atoms with van der Waals surface area (Å²) in [5.41, 5.74) is 0. The van der Waals surface area contributed by atoms with Crippen LogP contribution in [-0.4, -0.2) is 25.8 Å². The van der Waals surface area contributed by atoms with Gasteiger partial charge in [-0.3, -0.25) is 0 Å². The maximum absolute atomic E-state index is 5.25. The van der Waals surface area contributed by atoms with E-state index in [9.17, 15) is 0 Å². The summed E-state index contributed by atoms with van der Waals surface area (Å²) in [6.07, 6.45) is -0.181. The molecule has 0 radical (unpaired) electrons. The number of rotatable bonds is 1. The molecule has 3 nitrogen and oxygen atoms in total. The van der Waals surface area contributed by atoms with Crippen LogP contribution in [0.5, 0.6) is 0 Å². The third kappa shape index (κ3) is 1.64. The molecular weight excluding hydrogens is 120 g/mol. The summed E-state index contributed by atoms with van der Waals surface area (Å²) in [7, 11) is 1.61.